The molecular weight excluding hydrogens is 272 g/mol. The molecule has 2 saturated heterocycles. The summed E-state index contributed by atoms with van der Waals surface area (Å²) in [5, 5.41) is 9.36. The highest BCUT2D eigenvalue weighted by Crippen LogP contribution is 2.33. The van der Waals surface area contributed by atoms with Crippen molar-refractivity contribution in [3.05, 3.63) is 0 Å². The second-order valence-corrected chi connectivity index (χ2v) is 6.41. The first-order valence-electron chi connectivity index (χ1n) is 7.90. The van der Waals surface area contributed by atoms with Crippen molar-refractivity contribution < 1.29 is 19.5 Å². The molecule has 116 valence electrons. The molecule has 1 saturated carbocycles. The Morgan fingerprint density at radius 3 is 2.52 bits per heavy atom. The molecule has 0 aromatic rings. The fourth-order valence-electron chi connectivity index (χ4n) is 3.50. The van der Waals surface area contributed by atoms with Crippen molar-refractivity contribution in [1.82, 2.24) is 9.80 Å². The molecule has 21 heavy (non-hydrogen) atoms. The van der Waals surface area contributed by atoms with E-state index in [0.29, 0.717) is 25.6 Å². The number of amides is 2. The number of carboxylic acid groups (broad SMARTS) is 1. The van der Waals surface area contributed by atoms with Crippen LogP contribution in [-0.4, -0.2) is 57.9 Å². The van der Waals surface area contributed by atoms with Gasteiger partial charge in [-0.2, -0.15) is 0 Å². The van der Waals surface area contributed by atoms with Gasteiger partial charge in [0.05, 0.1) is 5.92 Å². The van der Waals surface area contributed by atoms with Crippen LogP contribution in [0.25, 0.3) is 0 Å². The lowest BCUT2D eigenvalue weighted by Crippen LogP contribution is -2.47. The van der Waals surface area contributed by atoms with Crippen LogP contribution in [0.5, 0.6) is 0 Å². The molecule has 0 radical (unpaired) electrons. The summed E-state index contributed by atoms with van der Waals surface area (Å²) in [6.45, 7) is 0.981. The minimum absolute atomic E-state index is 0.0533. The van der Waals surface area contributed by atoms with Gasteiger partial charge in [-0.1, -0.05) is 12.8 Å². The lowest BCUT2D eigenvalue weighted by molar-refractivity contribution is -0.151. The Labute approximate surface area is 124 Å². The summed E-state index contributed by atoms with van der Waals surface area (Å²) in [5.74, 6) is -1.36. The summed E-state index contributed by atoms with van der Waals surface area (Å²) in [7, 11) is 0. The van der Waals surface area contributed by atoms with E-state index >= 15 is 0 Å². The van der Waals surface area contributed by atoms with Gasteiger partial charge < -0.3 is 14.9 Å². The third kappa shape index (κ3) is 2.89. The molecule has 3 fully saturated rings. The van der Waals surface area contributed by atoms with E-state index in [4.69, 9.17) is 0 Å². The zero-order valence-electron chi connectivity index (χ0n) is 12.2. The van der Waals surface area contributed by atoms with Crippen LogP contribution in [0, 0.1) is 5.92 Å². The summed E-state index contributed by atoms with van der Waals surface area (Å²) < 4.78 is 0. The van der Waals surface area contributed by atoms with Crippen molar-refractivity contribution in [2.75, 3.05) is 13.1 Å². The van der Waals surface area contributed by atoms with Gasteiger partial charge in [-0.15, -0.1) is 0 Å². The smallest absolute Gasteiger partial charge is 0.326 e. The molecule has 6 nitrogen and oxygen atoms in total. The van der Waals surface area contributed by atoms with Crippen LogP contribution in [0.3, 0.4) is 0 Å². The van der Waals surface area contributed by atoms with Crippen molar-refractivity contribution in [2.24, 2.45) is 5.92 Å². The van der Waals surface area contributed by atoms with Crippen LogP contribution in [0.4, 0.5) is 0 Å². The van der Waals surface area contributed by atoms with Crippen LogP contribution in [0.15, 0.2) is 0 Å². The van der Waals surface area contributed by atoms with Gasteiger partial charge in [-0.05, 0) is 25.7 Å². The molecule has 3 rings (SSSR count). The van der Waals surface area contributed by atoms with Crippen LogP contribution >= 0.6 is 0 Å². The number of aliphatic carboxylic acids is 1. The molecule has 1 aliphatic carbocycles. The molecule has 2 unspecified atom stereocenters. The minimum atomic E-state index is -0.923. The highest BCUT2D eigenvalue weighted by molar-refractivity contribution is 5.91. The number of carboxylic acids is 1. The van der Waals surface area contributed by atoms with E-state index in [2.05, 4.69) is 0 Å². The van der Waals surface area contributed by atoms with E-state index in [9.17, 15) is 19.5 Å². The van der Waals surface area contributed by atoms with Gasteiger partial charge in [0.15, 0.2) is 0 Å². The topological polar surface area (TPSA) is 77.9 Å². The van der Waals surface area contributed by atoms with E-state index in [1.807, 2.05) is 4.90 Å². The van der Waals surface area contributed by atoms with Gasteiger partial charge in [-0.25, -0.2) is 4.79 Å². The maximum absolute atomic E-state index is 12.7. The van der Waals surface area contributed by atoms with Crippen LogP contribution in [0.1, 0.15) is 44.9 Å². The molecule has 2 aliphatic heterocycles. The van der Waals surface area contributed by atoms with Crippen molar-refractivity contribution in [3.8, 4) is 0 Å². The molecule has 0 spiro atoms. The summed E-state index contributed by atoms with van der Waals surface area (Å²) in [5.41, 5.74) is 0. The van der Waals surface area contributed by atoms with Crippen LogP contribution in [0.2, 0.25) is 0 Å². The van der Waals surface area contributed by atoms with Gasteiger partial charge in [0.1, 0.15) is 6.04 Å². The monoisotopic (exact) mass is 294 g/mol. The van der Waals surface area contributed by atoms with Gasteiger partial charge in [0.25, 0.3) is 0 Å². The Balaban J connectivity index is 1.70. The lowest BCUT2D eigenvalue weighted by Gasteiger charge is -2.29. The SMILES string of the molecule is O=C(O)C1CCCCCN1C(=O)C1CC(=O)N(C2CC2)C1. The molecule has 0 bridgehead atoms. The number of carbonyl (C=O) groups is 3. The Hall–Kier alpha value is -1.59. The minimum Gasteiger partial charge on any atom is -0.480 e. The zero-order chi connectivity index (χ0) is 15.0. The standard InChI is InChI=1S/C15H22N2O4/c18-13-8-10(9-17(13)11-5-6-11)14(19)16-7-3-1-2-4-12(16)15(20)21/h10-12H,1-9H2,(H,20,21). The van der Waals surface area contributed by atoms with E-state index in [1.54, 1.807) is 0 Å². The largest absolute Gasteiger partial charge is 0.480 e. The van der Waals surface area contributed by atoms with Crippen molar-refractivity contribution in [2.45, 2.75) is 57.0 Å². The molecule has 2 heterocycles. The second-order valence-electron chi connectivity index (χ2n) is 6.41. The van der Waals surface area contributed by atoms with E-state index in [0.717, 1.165) is 32.1 Å². The van der Waals surface area contributed by atoms with Crippen LogP contribution < -0.4 is 0 Å². The fourth-order valence-corrected chi connectivity index (χ4v) is 3.50. The Bertz CT molecular complexity index is 461. The Morgan fingerprint density at radius 1 is 1.10 bits per heavy atom. The number of carbonyl (C=O) groups excluding carboxylic acids is 2. The first-order valence-corrected chi connectivity index (χ1v) is 7.90. The maximum atomic E-state index is 12.7. The molecule has 0 aromatic carbocycles. The Morgan fingerprint density at radius 2 is 1.86 bits per heavy atom. The number of hydrogen-bond acceptors (Lipinski definition) is 3. The number of hydrogen-bond donors (Lipinski definition) is 1. The summed E-state index contributed by atoms with van der Waals surface area (Å²) in [6.07, 6.45) is 5.50. The van der Waals surface area contributed by atoms with Gasteiger partial charge in [0.2, 0.25) is 11.8 Å². The van der Waals surface area contributed by atoms with E-state index in [1.165, 1.54) is 4.90 Å². The van der Waals surface area contributed by atoms with Crippen molar-refractivity contribution in [1.29, 1.82) is 0 Å². The first kappa shape index (κ1) is 14.4. The van der Waals surface area contributed by atoms with Crippen molar-refractivity contribution >= 4 is 17.8 Å². The summed E-state index contributed by atoms with van der Waals surface area (Å²) in [6, 6.07) is -0.389. The average Bonchev–Trinajstić information content (AvgIpc) is 3.24. The van der Waals surface area contributed by atoms with Gasteiger partial charge >= 0.3 is 5.97 Å². The average molecular weight is 294 g/mol. The molecule has 2 amide bonds. The number of rotatable bonds is 3. The third-order valence-corrected chi connectivity index (χ3v) is 4.82. The van der Waals surface area contributed by atoms with E-state index < -0.39 is 12.0 Å². The van der Waals surface area contributed by atoms with E-state index in [-0.39, 0.29) is 24.2 Å². The molecule has 6 heteroatoms. The predicted molar refractivity (Wildman–Crippen MR) is 74.4 cm³/mol. The first-order chi connectivity index (χ1) is 10.1. The molecule has 3 aliphatic rings. The van der Waals surface area contributed by atoms with Crippen molar-refractivity contribution in [3.63, 3.8) is 0 Å². The van der Waals surface area contributed by atoms with Gasteiger partial charge in [0, 0.05) is 25.6 Å². The molecule has 1 N–H and O–H groups in total. The highest BCUT2D eigenvalue weighted by atomic mass is 16.4. The predicted octanol–water partition coefficient (Wildman–Crippen LogP) is 0.853. The number of nitrogens with zero attached hydrogens (tertiary/aromatic N) is 2. The van der Waals surface area contributed by atoms with Gasteiger partial charge in [-0.3, -0.25) is 9.59 Å². The van der Waals surface area contributed by atoms with Crippen LogP contribution in [-0.2, 0) is 14.4 Å². The second kappa shape index (κ2) is 5.66. The zero-order valence-corrected chi connectivity index (χ0v) is 12.2. The quantitative estimate of drug-likeness (QED) is 0.837. The maximum Gasteiger partial charge on any atom is 0.326 e. The highest BCUT2D eigenvalue weighted by Gasteiger charge is 2.44. The fraction of sp³-hybridized carbons (Fsp3) is 0.800. The number of likely N-dealkylation sites (tertiary alicyclic amines) is 2. The summed E-state index contributed by atoms with van der Waals surface area (Å²) >= 11 is 0. The molecule has 2 atom stereocenters. The molecular formula is C15H22N2O4. The summed E-state index contributed by atoms with van der Waals surface area (Å²) in [4.78, 5) is 39.4. The molecule has 0 aromatic heterocycles. The lowest BCUT2D eigenvalue weighted by atomic mass is 10.0. The normalized spacial score (nSPS) is 30.4. The Kier molecular flexibility index (Phi) is 3.87. The third-order valence-electron chi connectivity index (χ3n) is 4.82.